The summed E-state index contributed by atoms with van der Waals surface area (Å²) in [7, 11) is 5.13. The second kappa shape index (κ2) is 9.58. The van der Waals surface area contributed by atoms with Gasteiger partial charge >= 0.3 is 0 Å². The van der Waals surface area contributed by atoms with Crippen LogP contribution in [0.3, 0.4) is 0 Å². The van der Waals surface area contributed by atoms with Crippen LogP contribution in [0.15, 0.2) is 42.5 Å². The Morgan fingerprint density at radius 2 is 1.80 bits per heavy atom. The van der Waals surface area contributed by atoms with Crippen LogP contribution < -0.4 is 9.64 Å². The number of carbonyl (C=O) groups is 1. The van der Waals surface area contributed by atoms with Crippen LogP contribution in [0.25, 0.3) is 0 Å². The molecule has 1 aliphatic rings. The van der Waals surface area contributed by atoms with Crippen molar-refractivity contribution in [1.82, 2.24) is 0 Å². The highest BCUT2D eigenvalue weighted by Gasteiger charge is 2.37. The van der Waals surface area contributed by atoms with Gasteiger partial charge in [0.05, 0.1) is 11.7 Å². The molecule has 6 heteroatoms. The Balaban J connectivity index is 1.72. The lowest BCUT2D eigenvalue weighted by molar-refractivity contribution is -0.116. The summed E-state index contributed by atoms with van der Waals surface area (Å²) < 4.78 is 31.6. The van der Waals surface area contributed by atoms with E-state index in [1.807, 2.05) is 30.3 Å². The number of methoxy groups -OCH3 is 2. The Labute approximate surface area is 177 Å². The van der Waals surface area contributed by atoms with Gasteiger partial charge in [-0.15, -0.1) is 0 Å². The van der Waals surface area contributed by atoms with Gasteiger partial charge in [-0.3, -0.25) is 4.79 Å². The third kappa shape index (κ3) is 4.99. The molecule has 0 radical (unpaired) electrons. The molecule has 1 amide bonds. The number of rotatable bonds is 7. The van der Waals surface area contributed by atoms with E-state index in [0.717, 1.165) is 42.5 Å². The molecule has 2 aromatic rings. The molecule has 2 aromatic carbocycles. The van der Waals surface area contributed by atoms with Crippen molar-refractivity contribution in [3.8, 4) is 5.75 Å². The van der Waals surface area contributed by atoms with Crippen molar-refractivity contribution in [2.45, 2.75) is 50.9 Å². The topological polar surface area (TPSA) is 48.0 Å². The maximum atomic E-state index is 14.4. The molecule has 0 atom stereocenters. The first-order valence-electron chi connectivity index (χ1n) is 10.2. The lowest BCUT2D eigenvalue weighted by Crippen LogP contribution is -2.36. The first-order valence-corrected chi connectivity index (χ1v) is 10.2. The molecule has 0 unspecified atom stereocenters. The summed E-state index contributed by atoms with van der Waals surface area (Å²) in [5.41, 5.74) is 2.03. The van der Waals surface area contributed by atoms with Gasteiger partial charge in [0.1, 0.15) is 18.2 Å². The molecule has 0 aromatic heterocycles. The zero-order chi connectivity index (χ0) is 21.7. The normalized spacial score (nSPS) is 21.3. The van der Waals surface area contributed by atoms with E-state index in [1.54, 1.807) is 26.2 Å². The monoisotopic (exact) mass is 415 g/mol. The van der Waals surface area contributed by atoms with Gasteiger partial charge in [-0.2, -0.15) is 0 Å². The number of halogens is 1. The van der Waals surface area contributed by atoms with Gasteiger partial charge in [0.15, 0.2) is 0 Å². The molecule has 0 bridgehead atoms. The first kappa shape index (κ1) is 22.2. The summed E-state index contributed by atoms with van der Waals surface area (Å²) in [5.74, 6) is 0.101. The van der Waals surface area contributed by atoms with Gasteiger partial charge in [0.25, 0.3) is 0 Å². The molecule has 0 spiro atoms. The summed E-state index contributed by atoms with van der Waals surface area (Å²) in [6, 6.07) is 12.3. The quantitative estimate of drug-likeness (QED) is 0.651. The van der Waals surface area contributed by atoms with Gasteiger partial charge in [-0.25, -0.2) is 4.39 Å². The molecular weight excluding hydrogens is 385 g/mol. The minimum absolute atomic E-state index is 0.0297. The third-order valence-electron chi connectivity index (χ3n) is 6.06. The molecule has 0 N–H and O–H groups in total. The first-order chi connectivity index (χ1) is 14.4. The Kier molecular flexibility index (Phi) is 7.10. The van der Waals surface area contributed by atoms with E-state index in [9.17, 15) is 9.18 Å². The maximum Gasteiger partial charge on any atom is 0.223 e. The molecular formula is C24H30FNO4. The van der Waals surface area contributed by atoms with Crippen molar-refractivity contribution in [3.05, 3.63) is 59.4 Å². The van der Waals surface area contributed by atoms with Crippen molar-refractivity contribution in [3.63, 3.8) is 0 Å². The molecule has 162 valence electrons. The number of amides is 1. The highest BCUT2D eigenvalue weighted by molar-refractivity contribution is 5.90. The highest BCUT2D eigenvalue weighted by atomic mass is 19.1. The van der Waals surface area contributed by atoms with Crippen LogP contribution in [0.2, 0.25) is 0 Å². The van der Waals surface area contributed by atoms with E-state index in [0.29, 0.717) is 12.4 Å². The average molecular weight is 416 g/mol. The summed E-state index contributed by atoms with van der Waals surface area (Å²) in [6.45, 7) is 1.83. The molecule has 1 fully saturated rings. The fraction of sp³-hybridized carbons (Fsp3) is 0.458. The maximum absolute atomic E-state index is 14.4. The van der Waals surface area contributed by atoms with Crippen molar-refractivity contribution in [2.24, 2.45) is 0 Å². The van der Waals surface area contributed by atoms with Gasteiger partial charge < -0.3 is 19.1 Å². The van der Waals surface area contributed by atoms with E-state index in [2.05, 4.69) is 0 Å². The summed E-state index contributed by atoms with van der Waals surface area (Å²) >= 11 is 0. The molecule has 0 aliphatic heterocycles. The molecule has 0 heterocycles. The molecule has 1 saturated carbocycles. The third-order valence-corrected chi connectivity index (χ3v) is 6.06. The summed E-state index contributed by atoms with van der Waals surface area (Å²) in [5, 5.41) is 0. The molecule has 5 nitrogen and oxygen atoms in total. The minimum atomic E-state index is -0.520. The van der Waals surface area contributed by atoms with Crippen LogP contribution in [0.4, 0.5) is 10.1 Å². The van der Waals surface area contributed by atoms with Crippen LogP contribution in [0.1, 0.15) is 43.7 Å². The fourth-order valence-electron chi connectivity index (χ4n) is 3.98. The van der Waals surface area contributed by atoms with E-state index >= 15 is 0 Å². The number of nitrogens with zero attached hydrogens (tertiary/aromatic N) is 1. The Morgan fingerprint density at radius 1 is 1.13 bits per heavy atom. The lowest BCUT2D eigenvalue weighted by atomic mass is 9.78. The summed E-state index contributed by atoms with van der Waals surface area (Å²) in [6.07, 6.45) is 3.52. The van der Waals surface area contributed by atoms with Crippen molar-refractivity contribution in [1.29, 1.82) is 0 Å². The molecule has 3 rings (SSSR count). The largest absolute Gasteiger partial charge is 0.489 e. The van der Waals surface area contributed by atoms with Crippen LogP contribution >= 0.6 is 0 Å². The van der Waals surface area contributed by atoms with Gasteiger partial charge in [-0.05, 0) is 61.1 Å². The highest BCUT2D eigenvalue weighted by Crippen LogP contribution is 2.42. The van der Waals surface area contributed by atoms with Crippen molar-refractivity contribution < 1.29 is 23.4 Å². The standard InChI is InChI=1S/C24H30FNO4/c1-17(27)26(2)21-7-5-18(6-8-21)16-30-23-14-19(13-20(25)15-23)24(29-4)11-9-22(28-3)10-12-24/h5-8,13-15,22H,9-12,16H2,1-4H3. The van der Waals surface area contributed by atoms with E-state index in [1.165, 1.54) is 19.1 Å². The number of hydrogen-bond donors (Lipinski definition) is 0. The second-order valence-electron chi connectivity index (χ2n) is 7.84. The average Bonchev–Trinajstić information content (AvgIpc) is 2.77. The molecule has 30 heavy (non-hydrogen) atoms. The van der Waals surface area contributed by atoms with Gasteiger partial charge in [0.2, 0.25) is 5.91 Å². The minimum Gasteiger partial charge on any atom is -0.489 e. The van der Waals surface area contributed by atoms with E-state index in [-0.39, 0.29) is 17.8 Å². The van der Waals surface area contributed by atoms with E-state index < -0.39 is 5.60 Å². The number of hydrogen-bond acceptors (Lipinski definition) is 4. The van der Waals surface area contributed by atoms with Crippen molar-refractivity contribution >= 4 is 11.6 Å². The number of carbonyl (C=O) groups excluding carboxylic acids is 1. The molecule has 1 aliphatic carbocycles. The Bertz CT molecular complexity index is 860. The number of benzene rings is 2. The smallest absolute Gasteiger partial charge is 0.223 e. The van der Waals surface area contributed by atoms with E-state index in [4.69, 9.17) is 14.2 Å². The van der Waals surface area contributed by atoms with Gasteiger partial charge in [-0.1, -0.05) is 12.1 Å². The SMILES string of the molecule is COC1CCC(OC)(c2cc(F)cc(OCc3ccc(N(C)C(C)=O)cc3)c2)CC1. The summed E-state index contributed by atoms with van der Waals surface area (Å²) in [4.78, 5) is 13.0. The second-order valence-corrected chi connectivity index (χ2v) is 7.84. The van der Waals surface area contributed by atoms with Crippen LogP contribution in [-0.2, 0) is 26.5 Å². The van der Waals surface area contributed by atoms with Crippen LogP contribution in [-0.4, -0.2) is 33.3 Å². The molecule has 0 saturated heterocycles. The zero-order valence-electron chi connectivity index (χ0n) is 18.1. The van der Waals surface area contributed by atoms with Gasteiger partial charge in [0, 0.05) is 39.9 Å². The van der Waals surface area contributed by atoms with Crippen LogP contribution in [0, 0.1) is 5.82 Å². The number of anilines is 1. The predicted molar refractivity (Wildman–Crippen MR) is 114 cm³/mol. The van der Waals surface area contributed by atoms with Crippen molar-refractivity contribution in [2.75, 3.05) is 26.2 Å². The fourth-order valence-corrected chi connectivity index (χ4v) is 3.98. The Hall–Kier alpha value is -2.44. The zero-order valence-corrected chi connectivity index (χ0v) is 18.1. The Morgan fingerprint density at radius 3 is 2.37 bits per heavy atom. The number of ether oxygens (including phenoxy) is 3. The predicted octanol–water partition coefficient (Wildman–Crippen LogP) is 4.82. The van der Waals surface area contributed by atoms with Crippen LogP contribution in [0.5, 0.6) is 5.75 Å². The lowest BCUT2D eigenvalue weighted by Gasteiger charge is -2.39.